The van der Waals surface area contributed by atoms with Crippen LogP contribution in [0.4, 0.5) is 8.78 Å². The number of hydrogen-bond acceptors (Lipinski definition) is 2. The van der Waals surface area contributed by atoms with Gasteiger partial charge in [-0.1, -0.05) is 22.0 Å². The fourth-order valence-electron chi connectivity index (χ4n) is 2.67. The zero-order chi connectivity index (χ0) is 16.1. The Kier molecular flexibility index (Phi) is 2.77. The third-order valence-corrected chi connectivity index (χ3v) is 3.74. The number of nitrogens with zero attached hydrogens (tertiary/aromatic N) is 3. The number of H-pyrrole nitrogens is 1. The lowest BCUT2D eigenvalue weighted by Gasteiger charge is -1.97. The van der Waals surface area contributed by atoms with Crippen molar-refractivity contribution in [2.24, 2.45) is 0 Å². The fourth-order valence-corrected chi connectivity index (χ4v) is 2.67. The molecule has 4 rings (SSSR count). The van der Waals surface area contributed by atoms with Gasteiger partial charge in [-0.15, -0.1) is 4.52 Å². The maximum absolute atomic E-state index is 13.5. The molecule has 5 nitrogen and oxygen atoms in total. The average molecular weight is 313 g/mol. The van der Waals surface area contributed by atoms with Crippen molar-refractivity contribution < 1.29 is 13.3 Å². The van der Waals surface area contributed by atoms with Crippen LogP contribution < -0.4 is 10.1 Å². The minimum Gasteiger partial charge on any atom is -0.244 e. The van der Waals surface area contributed by atoms with Crippen LogP contribution in [-0.2, 0) is 0 Å². The molecular weight excluding hydrogens is 302 g/mol. The molecule has 0 aliphatic heterocycles. The predicted molar refractivity (Wildman–Crippen MR) is 79.5 cm³/mol. The number of para-hydroxylation sites is 2. The zero-order valence-corrected chi connectivity index (χ0v) is 12.0. The van der Waals surface area contributed by atoms with Crippen molar-refractivity contribution in [1.82, 2.24) is 14.9 Å². The standard InChI is InChI=1S/C16H10F2N4O/c1-9-15-16(23)21(10-6-7-11(17)12(18)8-10)20-22(15)14-5-3-2-4-13(14)19-9/h2-8H,1H3/p+1. The van der Waals surface area contributed by atoms with E-state index in [-0.39, 0.29) is 11.2 Å². The van der Waals surface area contributed by atoms with Crippen LogP contribution in [0.1, 0.15) is 5.69 Å². The number of fused-ring (bicyclic) bond motifs is 3. The number of aromatic nitrogens is 4. The minimum atomic E-state index is -1.02. The van der Waals surface area contributed by atoms with Crippen molar-refractivity contribution in [2.45, 2.75) is 6.92 Å². The predicted octanol–water partition coefficient (Wildman–Crippen LogP) is 2.04. The Hall–Kier alpha value is -3.09. The topological polar surface area (TPSA) is 54.8 Å². The maximum Gasteiger partial charge on any atom is 0.408 e. The summed E-state index contributed by atoms with van der Waals surface area (Å²) in [5.74, 6) is -1.98. The molecule has 7 heteroatoms. The van der Waals surface area contributed by atoms with Gasteiger partial charge in [0.2, 0.25) is 0 Å². The van der Waals surface area contributed by atoms with E-state index >= 15 is 0 Å². The van der Waals surface area contributed by atoms with E-state index in [1.54, 1.807) is 11.4 Å². The lowest BCUT2D eigenvalue weighted by atomic mass is 10.2. The summed E-state index contributed by atoms with van der Waals surface area (Å²) in [7, 11) is 0. The van der Waals surface area contributed by atoms with Crippen LogP contribution in [0, 0.1) is 18.6 Å². The number of aromatic amines is 1. The van der Waals surface area contributed by atoms with E-state index in [0.717, 1.165) is 17.6 Å². The van der Waals surface area contributed by atoms with E-state index in [2.05, 4.69) is 10.2 Å². The first kappa shape index (κ1) is 13.6. The highest BCUT2D eigenvalue weighted by atomic mass is 19.2. The van der Waals surface area contributed by atoms with Gasteiger partial charge in [0.05, 0.1) is 5.69 Å². The second-order valence-corrected chi connectivity index (χ2v) is 5.21. The highest BCUT2D eigenvalue weighted by Gasteiger charge is 2.22. The van der Waals surface area contributed by atoms with E-state index in [0.29, 0.717) is 16.7 Å². The Bertz CT molecular complexity index is 1130. The molecule has 1 N–H and O–H groups in total. The van der Waals surface area contributed by atoms with Gasteiger partial charge in [-0.2, -0.15) is 0 Å². The molecule has 2 heterocycles. The van der Waals surface area contributed by atoms with Crippen LogP contribution in [0.15, 0.2) is 47.3 Å². The molecule has 114 valence electrons. The van der Waals surface area contributed by atoms with E-state index in [9.17, 15) is 13.6 Å². The smallest absolute Gasteiger partial charge is 0.244 e. The SMILES string of the molecule is Cc1nc2ccccc2[n+]2[nH]n(-c3ccc(F)c(F)c3)c(=O)c12. The number of nitrogens with one attached hydrogen (secondary N) is 1. The Morgan fingerprint density at radius 3 is 2.70 bits per heavy atom. The van der Waals surface area contributed by atoms with Gasteiger partial charge in [-0.05, 0) is 31.2 Å². The summed E-state index contributed by atoms with van der Waals surface area (Å²) in [5, 5.41) is 2.90. The molecule has 0 aliphatic rings. The number of rotatable bonds is 1. The highest BCUT2D eigenvalue weighted by Crippen LogP contribution is 2.13. The minimum absolute atomic E-state index is 0.209. The Morgan fingerprint density at radius 2 is 1.91 bits per heavy atom. The molecule has 0 fully saturated rings. The molecule has 4 aromatic rings. The first-order chi connectivity index (χ1) is 11.1. The lowest BCUT2D eigenvalue weighted by molar-refractivity contribution is -0.556. The third kappa shape index (κ3) is 1.93. The second kappa shape index (κ2) is 4.70. The Labute approximate surface area is 128 Å². The highest BCUT2D eigenvalue weighted by molar-refractivity contribution is 5.72. The van der Waals surface area contributed by atoms with Crippen molar-refractivity contribution in [2.75, 3.05) is 0 Å². The summed E-state index contributed by atoms with van der Waals surface area (Å²) in [6.07, 6.45) is 0. The average Bonchev–Trinajstić information content (AvgIpc) is 2.89. The second-order valence-electron chi connectivity index (χ2n) is 5.21. The number of hydrogen-bond donors (Lipinski definition) is 1. The lowest BCUT2D eigenvalue weighted by Crippen LogP contribution is -2.27. The first-order valence-corrected chi connectivity index (χ1v) is 6.94. The molecule has 0 atom stereocenters. The summed E-state index contributed by atoms with van der Waals surface area (Å²) in [5.41, 5.74) is 2.17. The normalized spacial score (nSPS) is 11.4. The largest absolute Gasteiger partial charge is 0.408 e. The molecule has 0 spiro atoms. The van der Waals surface area contributed by atoms with Crippen molar-refractivity contribution in [3.8, 4) is 5.69 Å². The van der Waals surface area contributed by atoms with E-state index in [1.165, 1.54) is 10.7 Å². The summed E-state index contributed by atoms with van der Waals surface area (Å²) in [4.78, 5) is 17.1. The molecule has 2 aromatic heterocycles. The van der Waals surface area contributed by atoms with Gasteiger partial charge in [0.15, 0.2) is 22.8 Å². The Morgan fingerprint density at radius 1 is 1.13 bits per heavy atom. The quantitative estimate of drug-likeness (QED) is 0.547. The van der Waals surface area contributed by atoms with Gasteiger partial charge in [-0.25, -0.2) is 18.6 Å². The molecular formula is C16H11F2N4O+. The van der Waals surface area contributed by atoms with Crippen LogP contribution in [0.3, 0.4) is 0 Å². The van der Waals surface area contributed by atoms with Crippen molar-refractivity contribution in [1.29, 1.82) is 0 Å². The zero-order valence-electron chi connectivity index (χ0n) is 12.0. The van der Waals surface area contributed by atoms with Crippen molar-refractivity contribution >= 4 is 16.6 Å². The van der Waals surface area contributed by atoms with Gasteiger partial charge in [0.1, 0.15) is 5.52 Å². The number of benzene rings is 2. The molecule has 0 aliphatic carbocycles. The molecule has 0 radical (unpaired) electrons. The van der Waals surface area contributed by atoms with Crippen LogP contribution in [0.25, 0.3) is 22.2 Å². The van der Waals surface area contributed by atoms with E-state index in [4.69, 9.17) is 0 Å². The maximum atomic E-state index is 13.5. The number of halogens is 2. The summed E-state index contributed by atoms with van der Waals surface area (Å²) < 4.78 is 29.3. The molecule has 0 unspecified atom stereocenters. The first-order valence-electron chi connectivity index (χ1n) is 6.94. The van der Waals surface area contributed by atoms with Crippen LogP contribution in [-0.4, -0.2) is 14.9 Å². The van der Waals surface area contributed by atoms with Gasteiger partial charge in [-0.3, -0.25) is 0 Å². The van der Waals surface area contributed by atoms with E-state index < -0.39 is 11.6 Å². The van der Waals surface area contributed by atoms with Gasteiger partial charge >= 0.3 is 5.56 Å². The summed E-state index contributed by atoms with van der Waals surface area (Å²) >= 11 is 0. The molecule has 2 aromatic carbocycles. The van der Waals surface area contributed by atoms with Gasteiger partial charge < -0.3 is 0 Å². The van der Waals surface area contributed by atoms with Crippen LogP contribution in [0.2, 0.25) is 0 Å². The van der Waals surface area contributed by atoms with Crippen LogP contribution in [0.5, 0.6) is 0 Å². The Balaban J connectivity index is 2.11. The molecule has 0 bridgehead atoms. The van der Waals surface area contributed by atoms with Crippen molar-refractivity contribution in [3.05, 3.63) is 70.1 Å². The summed E-state index contributed by atoms with van der Waals surface area (Å²) in [6, 6.07) is 10.6. The molecule has 0 amide bonds. The molecule has 0 saturated heterocycles. The monoisotopic (exact) mass is 313 g/mol. The third-order valence-electron chi connectivity index (χ3n) is 3.74. The van der Waals surface area contributed by atoms with E-state index in [1.807, 2.05) is 24.3 Å². The fraction of sp³-hybridized carbons (Fsp3) is 0.0625. The number of aryl methyl sites for hydroxylation is 1. The van der Waals surface area contributed by atoms with Crippen LogP contribution >= 0.6 is 0 Å². The van der Waals surface area contributed by atoms with Crippen molar-refractivity contribution in [3.63, 3.8) is 0 Å². The summed E-state index contributed by atoms with van der Waals surface area (Å²) in [6.45, 7) is 1.73. The van der Waals surface area contributed by atoms with Gasteiger partial charge in [0, 0.05) is 6.07 Å². The van der Waals surface area contributed by atoms with Gasteiger partial charge in [0.25, 0.3) is 5.52 Å². The molecule has 0 saturated carbocycles. The molecule has 23 heavy (non-hydrogen) atoms.